The summed E-state index contributed by atoms with van der Waals surface area (Å²) in [5.41, 5.74) is 5.21. The van der Waals surface area contributed by atoms with Gasteiger partial charge in [-0.2, -0.15) is 12.6 Å². The van der Waals surface area contributed by atoms with E-state index >= 15 is 0 Å². The van der Waals surface area contributed by atoms with Gasteiger partial charge in [0.1, 0.15) is 16.5 Å². The molecule has 0 aliphatic carbocycles. The van der Waals surface area contributed by atoms with Crippen molar-refractivity contribution in [3.05, 3.63) is 98.2 Å². The number of carbonyl (C=O) groups excluding carboxylic acids is 1. The van der Waals surface area contributed by atoms with Crippen LogP contribution in [0.5, 0.6) is 5.88 Å². The molecule has 3 heterocycles. The van der Waals surface area contributed by atoms with Crippen molar-refractivity contribution < 1.29 is 18.3 Å². The molecule has 2 aromatic carbocycles. The third-order valence-electron chi connectivity index (χ3n) is 6.28. The van der Waals surface area contributed by atoms with Gasteiger partial charge >= 0.3 is 11.7 Å². The van der Waals surface area contributed by atoms with Gasteiger partial charge in [-0.05, 0) is 54.1 Å². The molecule has 10 nitrogen and oxygen atoms in total. The summed E-state index contributed by atoms with van der Waals surface area (Å²) in [5, 5.41) is 10.5. The summed E-state index contributed by atoms with van der Waals surface area (Å²) in [6.07, 6.45) is 2.10. The number of fused-ring (bicyclic) bond motifs is 1. The topological polar surface area (TPSA) is 134 Å². The number of aryl methyl sites for hydroxylation is 1. The summed E-state index contributed by atoms with van der Waals surface area (Å²) >= 11 is 4.68. The number of nitrogens with zero attached hydrogens (tertiary/aromatic N) is 4. The second-order valence-electron chi connectivity index (χ2n) is 8.65. The van der Waals surface area contributed by atoms with Gasteiger partial charge in [0.05, 0.1) is 19.0 Å². The number of nitrogens with two attached hydrogens (primary N) is 1. The number of nitrogens with one attached hydrogen (secondary N) is 1. The fourth-order valence-corrected chi connectivity index (χ4v) is 5.79. The van der Waals surface area contributed by atoms with Gasteiger partial charge in [0.2, 0.25) is 5.88 Å². The normalized spacial score (nSPS) is 10.0. The Morgan fingerprint density at radius 2 is 1.57 bits per heavy atom. The number of thiol groups is 1. The Bertz CT molecular complexity index is 1850. The number of primary amides is 1. The molecule has 5 aromatic rings. The number of methoxy groups -OCH3 is 1. The third kappa shape index (κ3) is 7.98. The van der Waals surface area contributed by atoms with Crippen LogP contribution in [0.15, 0.2) is 64.2 Å². The van der Waals surface area contributed by atoms with Crippen LogP contribution in [0.4, 0.5) is 19.3 Å². The molecule has 0 atom stereocenters. The first kappa shape index (κ1) is 37.6. The van der Waals surface area contributed by atoms with Gasteiger partial charge in [0, 0.05) is 22.2 Å². The predicted molar refractivity (Wildman–Crippen MR) is 185 cm³/mol. The van der Waals surface area contributed by atoms with Crippen LogP contribution in [0.1, 0.15) is 45.7 Å². The summed E-state index contributed by atoms with van der Waals surface area (Å²) in [6, 6.07) is 12.3. The first-order valence-corrected chi connectivity index (χ1v) is 16.2. The van der Waals surface area contributed by atoms with E-state index in [2.05, 4.69) is 28.1 Å². The molecule has 46 heavy (non-hydrogen) atoms. The number of hydrogen-bond acceptors (Lipinski definition) is 8. The standard InChI is InChI=1S/C27H22F2N6O4S.2C2H6.CH4S/c1-3-16-22-24(36)35(20-11-12-21(39-2)33-32-20)27(38)34(13-17-18(28)5-4-6-19(17)29)25(22)40-23(16)14-7-9-15(10-8-14)31-26(30)37;3*1-2/h4-12H,3,13H2,1-2H3,(H3,30,31,37);2*1-2H3;2H,1H3. The smallest absolute Gasteiger partial charge is 0.338 e. The Hall–Kier alpha value is -4.56. The lowest BCUT2D eigenvalue weighted by molar-refractivity contribution is 0.259. The number of hydrogen-bond donors (Lipinski definition) is 3. The molecule has 5 rings (SSSR count). The molecule has 0 fully saturated rings. The number of thiophene rings is 1. The Morgan fingerprint density at radius 3 is 2.07 bits per heavy atom. The first-order chi connectivity index (χ1) is 22.2. The van der Waals surface area contributed by atoms with Crippen LogP contribution in [0.3, 0.4) is 0 Å². The van der Waals surface area contributed by atoms with Gasteiger partial charge in [-0.25, -0.2) is 22.9 Å². The third-order valence-corrected chi connectivity index (χ3v) is 7.59. The number of urea groups is 1. The minimum Gasteiger partial charge on any atom is -0.480 e. The number of ether oxygens (including phenoxy) is 1. The Labute approximate surface area is 275 Å². The molecule has 0 unspecified atom stereocenters. The zero-order valence-electron chi connectivity index (χ0n) is 26.7. The number of amides is 2. The van der Waals surface area contributed by atoms with E-state index in [9.17, 15) is 23.2 Å². The average Bonchev–Trinajstić information content (AvgIpc) is 3.47. The summed E-state index contributed by atoms with van der Waals surface area (Å²) in [6.45, 7) is 9.39. The van der Waals surface area contributed by atoms with E-state index in [1.165, 1.54) is 29.9 Å². The molecule has 0 aliphatic heterocycles. The quantitative estimate of drug-likeness (QED) is 0.166. The Kier molecular flexibility index (Phi) is 14.6. The van der Waals surface area contributed by atoms with E-state index in [0.717, 1.165) is 28.0 Å². The SMILES string of the molecule is CC.CC.CCc1c(-c2ccc(NC(N)=O)cc2)sc2c1c(=O)n(-c1ccc(OC)nn1)c(=O)n2Cc1c(F)cccc1F.CS. The zero-order chi connectivity index (χ0) is 34.6. The summed E-state index contributed by atoms with van der Waals surface area (Å²) in [7, 11) is 1.40. The van der Waals surface area contributed by atoms with Crippen LogP contribution < -0.4 is 27.0 Å². The van der Waals surface area contributed by atoms with Gasteiger partial charge in [-0.1, -0.05) is 52.8 Å². The van der Waals surface area contributed by atoms with E-state index in [1.807, 2.05) is 34.6 Å². The van der Waals surface area contributed by atoms with Crippen molar-refractivity contribution in [3.8, 4) is 22.1 Å². The molecule has 0 bridgehead atoms. The maximum absolute atomic E-state index is 14.7. The van der Waals surface area contributed by atoms with Crippen molar-refractivity contribution in [2.24, 2.45) is 5.73 Å². The van der Waals surface area contributed by atoms with Crippen molar-refractivity contribution in [3.63, 3.8) is 0 Å². The molecule has 3 N–H and O–H groups in total. The average molecular weight is 673 g/mol. The van der Waals surface area contributed by atoms with Crippen molar-refractivity contribution in [2.45, 2.75) is 47.6 Å². The monoisotopic (exact) mass is 672 g/mol. The number of benzene rings is 2. The lowest BCUT2D eigenvalue weighted by atomic mass is 10.0. The molecule has 0 aliphatic rings. The molecule has 0 radical (unpaired) electrons. The number of carbonyl (C=O) groups is 1. The molecular formula is C32H38F2N6O4S2. The summed E-state index contributed by atoms with van der Waals surface area (Å²) in [5.74, 6) is -1.55. The van der Waals surface area contributed by atoms with Gasteiger partial charge in [-0.3, -0.25) is 9.36 Å². The van der Waals surface area contributed by atoms with E-state index in [4.69, 9.17) is 10.5 Å². The highest BCUT2D eigenvalue weighted by atomic mass is 32.1. The molecule has 246 valence electrons. The van der Waals surface area contributed by atoms with Crippen LogP contribution in [-0.2, 0) is 13.0 Å². The molecule has 14 heteroatoms. The maximum Gasteiger partial charge on any atom is 0.338 e. The number of anilines is 1. The van der Waals surface area contributed by atoms with Gasteiger partial charge in [0.15, 0.2) is 5.82 Å². The predicted octanol–water partition coefficient (Wildman–Crippen LogP) is 6.66. The van der Waals surface area contributed by atoms with Crippen molar-refractivity contribution >= 4 is 45.9 Å². The van der Waals surface area contributed by atoms with Crippen LogP contribution >= 0.6 is 24.0 Å². The highest BCUT2D eigenvalue weighted by Crippen LogP contribution is 2.38. The van der Waals surface area contributed by atoms with Crippen LogP contribution in [-0.4, -0.2) is 38.7 Å². The van der Waals surface area contributed by atoms with Gasteiger partial charge in [0.25, 0.3) is 5.56 Å². The second-order valence-corrected chi connectivity index (χ2v) is 9.65. The van der Waals surface area contributed by atoms with Gasteiger partial charge < -0.3 is 15.8 Å². The molecule has 3 aromatic heterocycles. The number of aromatic nitrogens is 4. The maximum atomic E-state index is 14.7. The number of rotatable bonds is 7. The Morgan fingerprint density at radius 1 is 0.957 bits per heavy atom. The van der Waals surface area contributed by atoms with E-state index in [-0.39, 0.29) is 27.5 Å². The van der Waals surface area contributed by atoms with E-state index in [1.54, 1.807) is 30.5 Å². The minimum atomic E-state index is -0.837. The lowest BCUT2D eigenvalue weighted by Crippen LogP contribution is -2.39. The van der Waals surface area contributed by atoms with E-state index < -0.39 is 35.5 Å². The highest BCUT2D eigenvalue weighted by Gasteiger charge is 2.24. The van der Waals surface area contributed by atoms with Crippen LogP contribution in [0.25, 0.3) is 26.5 Å². The molecular weight excluding hydrogens is 635 g/mol. The largest absolute Gasteiger partial charge is 0.480 e. The summed E-state index contributed by atoms with van der Waals surface area (Å²) < 4.78 is 36.4. The summed E-state index contributed by atoms with van der Waals surface area (Å²) in [4.78, 5) is 39.8. The molecule has 0 saturated heterocycles. The van der Waals surface area contributed by atoms with Crippen LogP contribution in [0.2, 0.25) is 0 Å². The highest BCUT2D eigenvalue weighted by molar-refractivity contribution is 7.79. The van der Waals surface area contributed by atoms with Crippen molar-refractivity contribution in [2.75, 3.05) is 18.7 Å². The zero-order valence-corrected chi connectivity index (χ0v) is 28.4. The Balaban J connectivity index is 0.00000116. The number of halogens is 2. The second kappa shape index (κ2) is 17.8. The molecule has 0 spiro atoms. The fraction of sp³-hybridized carbons (Fsp3) is 0.281. The first-order valence-electron chi connectivity index (χ1n) is 14.5. The van der Waals surface area contributed by atoms with E-state index in [0.29, 0.717) is 28.1 Å². The van der Waals surface area contributed by atoms with Crippen molar-refractivity contribution in [1.29, 1.82) is 0 Å². The van der Waals surface area contributed by atoms with Crippen molar-refractivity contribution in [1.82, 2.24) is 19.3 Å². The molecule has 2 amide bonds. The minimum absolute atomic E-state index is 0.0721. The van der Waals surface area contributed by atoms with Gasteiger partial charge in [-0.15, -0.1) is 21.5 Å². The molecule has 0 saturated carbocycles. The fourth-order valence-electron chi connectivity index (χ4n) is 4.41. The lowest BCUT2D eigenvalue weighted by Gasteiger charge is -2.13. The van der Waals surface area contributed by atoms with Crippen LogP contribution in [0, 0.1) is 11.6 Å².